The Kier molecular flexibility index (Phi) is 3.70. The van der Waals surface area contributed by atoms with Crippen molar-refractivity contribution in [3.63, 3.8) is 0 Å². The molecule has 1 aliphatic heterocycles. The van der Waals surface area contributed by atoms with Crippen LogP contribution < -0.4 is 5.73 Å². The van der Waals surface area contributed by atoms with E-state index in [0.717, 1.165) is 13.1 Å². The summed E-state index contributed by atoms with van der Waals surface area (Å²) in [5, 5.41) is 3.92. The highest BCUT2D eigenvalue weighted by Gasteiger charge is 2.25. The second kappa shape index (κ2) is 4.95. The number of hydrogen-bond acceptors (Lipinski definition) is 6. The SMILES string of the molecule is C[C@@H]1CN(Cc2nc(C(C)(C)N)no2)C[C@H](C)O1. The Morgan fingerprint density at radius 1 is 1.33 bits per heavy atom. The molecule has 0 spiro atoms. The maximum Gasteiger partial charge on any atom is 0.240 e. The van der Waals surface area contributed by atoms with Crippen LogP contribution in [0.4, 0.5) is 0 Å². The average molecular weight is 254 g/mol. The van der Waals surface area contributed by atoms with Crippen molar-refractivity contribution in [1.29, 1.82) is 0 Å². The Balaban J connectivity index is 1.99. The Morgan fingerprint density at radius 3 is 2.44 bits per heavy atom. The van der Waals surface area contributed by atoms with Crippen molar-refractivity contribution >= 4 is 0 Å². The maximum atomic E-state index is 5.93. The first kappa shape index (κ1) is 13.5. The summed E-state index contributed by atoms with van der Waals surface area (Å²) >= 11 is 0. The highest BCUT2D eigenvalue weighted by Crippen LogP contribution is 2.16. The molecular formula is C12H22N4O2. The van der Waals surface area contributed by atoms with Gasteiger partial charge in [0.1, 0.15) is 0 Å². The molecular weight excluding hydrogens is 232 g/mol. The van der Waals surface area contributed by atoms with Gasteiger partial charge in [0.25, 0.3) is 0 Å². The molecule has 0 radical (unpaired) electrons. The van der Waals surface area contributed by atoms with E-state index in [2.05, 4.69) is 28.9 Å². The van der Waals surface area contributed by atoms with E-state index in [4.69, 9.17) is 15.0 Å². The van der Waals surface area contributed by atoms with Crippen LogP contribution in [0.1, 0.15) is 39.4 Å². The van der Waals surface area contributed by atoms with Gasteiger partial charge in [-0.15, -0.1) is 0 Å². The highest BCUT2D eigenvalue weighted by molar-refractivity contribution is 4.99. The molecule has 0 amide bonds. The summed E-state index contributed by atoms with van der Waals surface area (Å²) in [6.07, 6.45) is 0.476. The minimum absolute atomic E-state index is 0.238. The van der Waals surface area contributed by atoms with Crippen LogP contribution in [0.25, 0.3) is 0 Å². The molecule has 2 rings (SSSR count). The quantitative estimate of drug-likeness (QED) is 0.862. The summed E-state index contributed by atoms with van der Waals surface area (Å²) in [6, 6.07) is 0. The Hall–Kier alpha value is -0.980. The summed E-state index contributed by atoms with van der Waals surface area (Å²) in [6.45, 7) is 10.3. The average Bonchev–Trinajstić information content (AvgIpc) is 2.63. The van der Waals surface area contributed by atoms with Crippen LogP contribution in [0.3, 0.4) is 0 Å². The number of morpholine rings is 1. The van der Waals surface area contributed by atoms with E-state index in [1.165, 1.54) is 0 Å². The zero-order valence-corrected chi connectivity index (χ0v) is 11.5. The van der Waals surface area contributed by atoms with Gasteiger partial charge in [-0.1, -0.05) is 5.16 Å². The lowest BCUT2D eigenvalue weighted by Crippen LogP contribution is -2.44. The molecule has 1 aliphatic rings. The fraction of sp³-hybridized carbons (Fsp3) is 0.833. The molecule has 102 valence electrons. The minimum atomic E-state index is -0.562. The highest BCUT2D eigenvalue weighted by atomic mass is 16.5. The van der Waals surface area contributed by atoms with E-state index in [0.29, 0.717) is 18.3 Å². The van der Waals surface area contributed by atoms with E-state index < -0.39 is 5.54 Å². The molecule has 2 atom stereocenters. The van der Waals surface area contributed by atoms with Crippen LogP contribution >= 0.6 is 0 Å². The predicted octanol–water partition coefficient (Wildman–Crippen LogP) is 0.873. The smallest absolute Gasteiger partial charge is 0.240 e. The number of ether oxygens (including phenoxy) is 1. The van der Waals surface area contributed by atoms with E-state index in [1.807, 2.05) is 13.8 Å². The van der Waals surface area contributed by atoms with Crippen LogP contribution in [0.15, 0.2) is 4.52 Å². The first-order chi connectivity index (χ1) is 8.34. The Labute approximate surface area is 107 Å². The second-order valence-electron chi connectivity index (χ2n) is 5.68. The second-order valence-corrected chi connectivity index (χ2v) is 5.68. The molecule has 1 aromatic heterocycles. The van der Waals surface area contributed by atoms with Crippen molar-refractivity contribution in [2.75, 3.05) is 13.1 Å². The van der Waals surface area contributed by atoms with Crippen LogP contribution in [-0.4, -0.2) is 40.3 Å². The van der Waals surface area contributed by atoms with Gasteiger partial charge >= 0.3 is 0 Å². The third-order valence-corrected chi connectivity index (χ3v) is 2.90. The molecule has 0 aromatic carbocycles. The van der Waals surface area contributed by atoms with Crippen LogP contribution in [-0.2, 0) is 16.8 Å². The monoisotopic (exact) mass is 254 g/mol. The van der Waals surface area contributed by atoms with Crippen molar-refractivity contribution in [2.24, 2.45) is 5.73 Å². The van der Waals surface area contributed by atoms with Gasteiger partial charge in [0, 0.05) is 13.1 Å². The molecule has 18 heavy (non-hydrogen) atoms. The van der Waals surface area contributed by atoms with Gasteiger partial charge in [0.15, 0.2) is 5.82 Å². The molecule has 1 saturated heterocycles. The molecule has 2 N–H and O–H groups in total. The molecule has 0 saturated carbocycles. The topological polar surface area (TPSA) is 77.4 Å². The molecule has 1 fully saturated rings. The van der Waals surface area contributed by atoms with Crippen LogP contribution in [0.2, 0.25) is 0 Å². The zero-order chi connectivity index (χ0) is 13.3. The number of nitrogens with two attached hydrogens (primary N) is 1. The van der Waals surface area contributed by atoms with Crippen molar-refractivity contribution in [2.45, 2.75) is 52.0 Å². The molecule has 0 aliphatic carbocycles. The lowest BCUT2D eigenvalue weighted by atomic mass is 10.1. The number of aromatic nitrogens is 2. The first-order valence-corrected chi connectivity index (χ1v) is 6.34. The van der Waals surface area contributed by atoms with E-state index in [-0.39, 0.29) is 12.2 Å². The van der Waals surface area contributed by atoms with E-state index in [9.17, 15) is 0 Å². The third kappa shape index (κ3) is 3.28. The molecule has 6 heteroatoms. The van der Waals surface area contributed by atoms with Gasteiger partial charge in [0.2, 0.25) is 5.89 Å². The summed E-state index contributed by atoms with van der Waals surface area (Å²) in [7, 11) is 0. The van der Waals surface area contributed by atoms with Gasteiger partial charge in [-0.3, -0.25) is 4.90 Å². The lowest BCUT2D eigenvalue weighted by molar-refractivity contribution is -0.0725. The standard InChI is InChI=1S/C12H22N4O2/c1-8-5-16(6-9(2)17-8)7-10-14-11(15-18-10)12(3,4)13/h8-9H,5-7,13H2,1-4H3/t8-,9+. The molecule has 2 heterocycles. The molecule has 0 unspecified atom stereocenters. The van der Waals surface area contributed by atoms with Crippen molar-refractivity contribution in [3.8, 4) is 0 Å². The fourth-order valence-electron chi connectivity index (χ4n) is 2.19. The van der Waals surface area contributed by atoms with Crippen molar-refractivity contribution < 1.29 is 9.26 Å². The van der Waals surface area contributed by atoms with Gasteiger partial charge in [0.05, 0.1) is 24.3 Å². The summed E-state index contributed by atoms with van der Waals surface area (Å²) in [4.78, 5) is 6.60. The van der Waals surface area contributed by atoms with Gasteiger partial charge in [-0.25, -0.2) is 0 Å². The normalized spacial score (nSPS) is 26.5. The summed E-state index contributed by atoms with van der Waals surface area (Å²) < 4.78 is 10.9. The van der Waals surface area contributed by atoms with E-state index in [1.54, 1.807) is 0 Å². The van der Waals surface area contributed by atoms with Crippen LogP contribution in [0, 0.1) is 0 Å². The molecule has 6 nitrogen and oxygen atoms in total. The Bertz CT molecular complexity index is 389. The fourth-order valence-corrected chi connectivity index (χ4v) is 2.19. The summed E-state index contributed by atoms with van der Waals surface area (Å²) in [5.74, 6) is 1.16. The molecule has 0 bridgehead atoms. The number of rotatable bonds is 3. The maximum absolute atomic E-state index is 5.93. The van der Waals surface area contributed by atoms with Gasteiger partial charge in [-0.05, 0) is 27.7 Å². The van der Waals surface area contributed by atoms with Crippen LogP contribution in [0.5, 0.6) is 0 Å². The number of hydrogen-bond donors (Lipinski definition) is 1. The zero-order valence-electron chi connectivity index (χ0n) is 11.5. The lowest BCUT2D eigenvalue weighted by Gasteiger charge is -2.34. The van der Waals surface area contributed by atoms with Crippen molar-refractivity contribution in [1.82, 2.24) is 15.0 Å². The minimum Gasteiger partial charge on any atom is -0.373 e. The Morgan fingerprint density at radius 2 is 1.94 bits per heavy atom. The van der Waals surface area contributed by atoms with Crippen molar-refractivity contribution in [3.05, 3.63) is 11.7 Å². The first-order valence-electron chi connectivity index (χ1n) is 6.34. The number of nitrogens with zero attached hydrogens (tertiary/aromatic N) is 3. The largest absolute Gasteiger partial charge is 0.373 e. The van der Waals surface area contributed by atoms with E-state index >= 15 is 0 Å². The summed E-state index contributed by atoms with van der Waals surface area (Å²) in [5.41, 5.74) is 5.37. The van der Waals surface area contributed by atoms with Gasteiger partial charge < -0.3 is 15.0 Å². The predicted molar refractivity (Wildman–Crippen MR) is 66.8 cm³/mol. The third-order valence-electron chi connectivity index (χ3n) is 2.90. The molecule has 1 aromatic rings. The van der Waals surface area contributed by atoms with Gasteiger partial charge in [-0.2, -0.15) is 4.98 Å².